The van der Waals surface area contributed by atoms with Gasteiger partial charge < -0.3 is 5.32 Å². The molecule has 0 aliphatic heterocycles. The predicted octanol–water partition coefficient (Wildman–Crippen LogP) is 3.99. The summed E-state index contributed by atoms with van der Waals surface area (Å²) >= 11 is 1.58. The molecule has 0 fully saturated rings. The number of benzene rings is 2. The van der Waals surface area contributed by atoms with Crippen molar-refractivity contribution in [3.63, 3.8) is 0 Å². The molecule has 2 aromatic carbocycles. The van der Waals surface area contributed by atoms with Crippen LogP contribution < -0.4 is 5.32 Å². The van der Waals surface area contributed by atoms with E-state index in [1.807, 2.05) is 76.8 Å². The summed E-state index contributed by atoms with van der Waals surface area (Å²) in [6.07, 6.45) is 3.90. The van der Waals surface area contributed by atoms with E-state index in [0.29, 0.717) is 12.1 Å². The van der Waals surface area contributed by atoms with Gasteiger partial charge in [0.15, 0.2) is 4.96 Å². The van der Waals surface area contributed by atoms with Gasteiger partial charge in [-0.2, -0.15) is 0 Å². The monoisotopic (exact) mass is 333 g/mol. The van der Waals surface area contributed by atoms with Crippen molar-refractivity contribution in [1.29, 1.82) is 0 Å². The van der Waals surface area contributed by atoms with E-state index in [2.05, 4.69) is 10.3 Å². The van der Waals surface area contributed by atoms with Gasteiger partial charge in [0, 0.05) is 23.3 Å². The number of nitrogens with one attached hydrogen (secondary N) is 1. The number of thiazole rings is 1. The highest BCUT2D eigenvalue weighted by Gasteiger charge is 2.09. The van der Waals surface area contributed by atoms with Crippen LogP contribution in [-0.4, -0.2) is 15.3 Å². The molecule has 0 radical (unpaired) electrons. The molecule has 4 aromatic rings. The Hall–Kier alpha value is -2.92. The molecule has 4 nitrogen and oxygen atoms in total. The molecule has 5 heteroatoms. The maximum Gasteiger partial charge on any atom is 0.251 e. The van der Waals surface area contributed by atoms with Crippen molar-refractivity contribution in [2.45, 2.75) is 6.54 Å². The lowest BCUT2D eigenvalue weighted by Gasteiger charge is -2.06. The maximum atomic E-state index is 12.4. The first-order chi connectivity index (χ1) is 11.8. The number of carbonyl (C=O) groups excluding carboxylic acids is 1. The Balaban J connectivity index is 1.49. The number of aromatic nitrogens is 2. The molecule has 2 aromatic heterocycles. The fourth-order valence-electron chi connectivity index (χ4n) is 2.60. The SMILES string of the molecule is O=C(NCc1cn2ccsc2n1)c1cccc(-c2ccccc2)c1. The zero-order valence-electron chi connectivity index (χ0n) is 12.8. The average Bonchev–Trinajstić information content (AvgIpc) is 3.22. The molecular weight excluding hydrogens is 318 g/mol. The number of fused-ring (bicyclic) bond motifs is 1. The van der Waals surface area contributed by atoms with Gasteiger partial charge >= 0.3 is 0 Å². The number of carbonyl (C=O) groups is 1. The van der Waals surface area contributed by atoms with Crippen molar-refractivity contribution in [2.75, 3.05) is 0 Å². The van der Waals surface area contributed by atoms with Gasteiger partial charge in [-0.05, 0) is 23.3 Å². The third-order valence-corrected chi connectivity index (χ3v) is 4.58. The first-order valence-corrected chi connectivity index (χ1v) is 8.52. The van der Waals surface area contributed by atoms with Crippen molar-refractivity contribution >= 4 is 22.2 Å². The van der Waals surface area contributed by atoms with Crippen molar-refractivity contribution in [2.24, 2.45) is 0 Å². The molecular formula is C19H15N3OS. The maximum absolute atomic E-state index is 12.4. The molecule has 0 aliphatic rings. The molecule has 0 saturated carbocycles. The summed E-state index contributed by atoms with van der Waals surface area (Å²) in [6.45, 7) is 0.419. The minimum Gasteiger partial charge on any atom is -0.346 e. The van der Waals surface area contributed by atoms with Gasteiger partial charge in [-0.3, -0.25) is 9.20 Å². The summed E-state index contributed by atoms with van der Waals surface area (Å²) in [7, 11) is 0. The van der Waals surface area contributed by atoms with E-state index in [1.165, 1.54) is 0 Å². The molecule has 1 amide bonds. The standard InChI is InChI=1S/C19H15N3OS/c23-18(20-12-17-13-22-9-10-24-19(22)21-17)16-8-4-7-15(11-16)14-5-2-1-3-6-14/h1-11,13H,12H2,(H,20,23). The molecule has 0 unspecified atom stereocenters. The van der Waals surface area contributed by atoms with Crippen LogP contribution in [0, 0.1) is 0 Å². The van der Waals surface area contributed by atoms with Crippen LogP contribution in [0.3, 0.4) is 0 Å². The number of hydrogen-bond acceptors (Lipinski definition) is 3. The smallest absolute Gasteiger partial charge is 0.251 e. The zero-order valence-corrected chi connectivity index (χ0v) is 13.7. The van der Waals surface area contributed by atoms with Gasteiger partial charge in [-0.25, -0.2) is 4.98 Å². The fourth-order valence-corrected chi connectivity index (χ4v) is 3.32. The average molecular weight is 333 g/mol. The van der Waals surface area contributed by atoms with Gasteiger partial charge in [0.1, 0.15) is 0 Å². The highest BCUT2D eigenvalue weighted by atomic mass is 32.1. The lowest BCUT2D eigenvalue weighted by molar-refractivity contribution is 0.0950. The molecule has 1 N–H and O–H groups in total. The molecule has 0 aliphatic carbocycles. The summed E-state index contributed by atoms with van der Waals surface area (Å²) in [5, 5.41) is 4.92. The Kier molecular flexibility index (Phi) is 3.84. The third kappa shape index (κ3) is 2.94. The number of hydrogen-bond donors (Lipinski definition) is 1. The number of nitrogens with zero attached hydrogens (tertiary/aromatic N) is 2. The lowest BCUT2D eigenvalue weighted by Crippen LogP contribution is -2.22. The van der Waals surface area contributed by atoms with E-state index >= 15 is 0 Å². The second kappa shape index (κ2) is 6.29. The number of imidazole rings is 1. The topological polar surface area (TPSA) is 46.4 Å². The van der Waals surface area contributed by atoms with Crippen LogP contribution in [0.5, 0.6) is 0 Å². The number of amides is 1. The van der Waals surface area contributed by atoms with E-state index in [-0.39, 0.29) is 5.91 Å². The zero-order chi connectivity index (χ0) is 16.4. The largest absolute Gasteiger partial charge is 0.346 e. The Bertz CT molecular complexity index is 959. The molecule has 4 rings (SSSR count). The predicted molar refractivity (Wildman–Crippen MR) is 96.1 cm³/mol. The van der Waals surface area contributed by atoms with Crippen LogP contribution in [0.4, 0.5) is 0 Å². The molecule has 24 heavy (non-hydrogen) atoms. The molecule has 0 spiro atoms. The highest BCUT2D eigenvalue weighted by Crippen LogP contribution is 2.20. The molecule has 0 atom stereocenters. The Morgan fingerprint density at radius 3 is 2.75 bits per heavy atom. The Morgan fingerprint density at radius 2 is 1.92 bits per heavy atom. The second-order valence-electron chi connectivity index (χ2n) is 5.45. The minimum atomic E-state index is -0.0934. The van der Waals surface area contributed by atoms with Crippen molar-refractivity contribution in [1.82, 2.24) is 14.7 Å². The fraction of sp³-hybridized carbons (Fsp3) is 0.0526. The lowest BCUT2D eigenvalue weighted by atomic mass is 10.0. The van der Waals surface area contributed by atoms with Crippen LogP contribution in [0.15, 0.2) is 72.4 Å². The van der Waals surface area contributed by atoms with Crippen LogP contribution in [-0.2, 0) is 6.54 Å². The second-order valence-corrected chi connectivity index (χ2v) is 6.33. The Morgan fingerprint density at radius 1 is 1.08 bits per heavy atom. The third-order valence-electron chi connectivity index (χ3n) is 3.81. The molecule has 2 heterocycles. The van der Waals surface area contributed by atoms with Crippen molar-refractivity contribution in [3.05, 3.63) is 83.6 Å². The molecule has 0 bridgehead atoms. The molecule has 0 saturated heterocycles. The van der Waals surface area contributed by atoms with Gasteiger partial charge in [0.05, 0.1) is 12.2 Å². The Labute approximate surface area is 143 Å². The van der Waals surface area contributed by atoms with Crippen LogP contribution in [0.1, 0.15) is 16.1 Å². The van der Waals surface area contributed by atoms with E-state index in [0.717, 1.165) is 21.8 Å². The van der Waals surface area contributed by atoms with E-state index in [9.17, 15) is 4.79 Å². The summed E-state index contributed by atoms with van der Waals surface area (Å²) in [6, 6.07) is 17.7. The summed E-state index contributed by atoms with van der Waals surface area (Å²) in [5.74, 6) is -0.0934. The van der Waals surface area contributed by atoms with E-state index in [1.54, 1.807) is 11.3 Å². The van der Waals surface area contributed by atoms with Gasteiger partial charge in [0.25, 0.3) is 5.91 Å². The summed E-state index contributed by atoms with van der Waals surface area (Å²) < 4.78 is 1.96. The quantitative estimate of drug-likeness (QED) is 0.614. The van der Waals surface area contributed by atoms with Gasteiger partial charge in [-0.15, -0.1) is 11.3 Å². The normalized spacial score (nSPS) is 10.8. The van der Waals surface area contributed by atoms with Gasteiger partial charge in [-0.1, -0.05) is 42.5 Å². The highest BCUT2D eigenvalue weighted by molar-refractivity contribution is 7.15. The van der Waals surface area contributed by atoms with E-state index < -0.39 is 0 Å². The van der Waals surface area contributed by atoms with Crippen molar-refractivity contribution < 1.29 is 4.79 Å². The first-order valence-electron chi connectivity index (χ1n) is 7.64. The van der Waals surface area contributed by atoms with Gasteiger partial charge in [0.2, 0.25) is 0 Å². The first kappa shape index (κ1) is 14.7. The van der Waals surface area contributed by atoms with Crippen LogP contribution >= 0.6 is 11.3 Å². The van der Waals surface area contributed by atoms with Crippen molar-refractivity contribution in [3.8, 4) is 11.1 Å². The molecule has 118 valence electrons. The summed E-state index contributed by atoms with van der Waals surface area (Å²) in [5.41, 5.74) is 3.64. The van der Waals surface area contributed by atoms with E-state index in [4.69, 9.17) is 0 Å². The van der Waals surface area contributed by atoms with Crippen LogP contribution in [0.25, 0.3) is 16.1 Å². The van der Waals surface area contributed by atoms with Crippen LogP contribution in [0.2, 0.25) is 0 Å². The minimum absolute atomic E-state index is 0.0934. The number of rotatable bonds is 4. The summed E-state index contributed by atoms with van der Waals surface area (Å²) in [4.78, 5) is 17.8.